The summed E-state index contributed by atoms with van der Waals surface area (Å²) < 4.78 is 15.8. The highest BCUT2D eigenvalue weighted by Crippen LogP contribution is 2.44. The van der Waals surface area contributed by atoms with Crippen molar-refractivity contribution in [3.63, 3.8) is 0 Å². The highest BCUT2D eigenvalue weighted by molar-refractivity contribution is 5.82. The molecule has 0 radical (unpaired) electrons. The Balaban J connectivity index is 5.53. The SMILES string of the molecule is CCCCOC(=O)C(C)(CC(C)(C)C(=O)OC)CC(C)(C)C(=O)OCCN(C)C. The molecule has 170 valence electrons. The summed E-state index contributed by atoms with van der Waals surface area (Å²) in [5.41, 5.74) is -2.87. The first kappa shape index (κ1) is 27.4. The first-order valence-electron chi connectivity index (χ1n) is 10.3. The number of ether oxygens (including phenoxy) is 3. The van der Waals surface area contributed by atoms with Crippen LogP contribution in [0.3, 0.4) is 0 Å². The molecule has 0 rings (SSSR count). The van der Waals surface area contributed by atoms with Crippen molar-refractivity contribution in [1.82, 2.24) is 4.90 Å². The Bertz CT molecular complexity index is 556. The van der Waals surface area contributed by atoms with Gasteiger partial charge in [-0.1, -0.05) is 13.3 Å². The summed E-state index contributed by atoms with van der Waals surface area (Å²) in [7, 11) is 5.13. The fourth-order valence-electron chi connectivity index (χ4n) is 3.58. The second-order valence-electron chi connectivity index (χ2n) is 9.60. The van der Waals surface area contributed by atoms with Crippen LogP contribution in [0.15, 0.2) is 0 Å². The maximum absolute atomic E-state index is 13.0. The number of likely N-dealkylation sites (N-methyl/N-ethyl adjacent to an activating group) is 1. The van der Waals surface area contributed by atoms with Crippen molar-refractivity contribution < 1.29 is 28.6 Å². The van der Waals surface area contributed by atoms with Crippen LogP contribution in [-0.4, -0.2) is 63.8 Å². The summed E-state index contributed by atoms with van der Waals surface area (Å²) in [6, 6.07) is 0. The van der Waals surface area contributed by atoms with Gasteiger partial charge in [-0.2, -0.15) is 0 Å². The third kappa shape index (κ3) is 9.15. The fraction of sp³-hybridized carbons (Fsp3) is 0.864. The Hall–Kier alpha value is -1.63. The summed E-state index contributed by atoms with van der Waals surface area (Å²) in [4.78, 5) is 39.8. The van der Waals surface area contributed by atoms with Crippen LogP contribution in [0.2, 0.25) is 0 Å². The minimum absolute atomic E-state index is 0.200. The molecule has 0 aliphatic carbocycles. The van der Waals surface area contributed by atoms with E-state index >= 15 is 0 Å². The number of unbranched alkanes of at least 4 members (excludes halogenated alkanes) is 1. The molecule has 0 aromatic carbocycles. The number of esters is 3. The molecule has 0 aromatic heterocycles. The van der Waals surface area contributed by atoms with Gasteiger partial charge in [-0.25, -0.2) is 0 Å². The van der Waals surface area contributed by atoms with E-state index in [1.165, 1.54) is 7.11 Å². The van der Waals surface area contributed by atoms with E-state index in [1.807, 2.05) is 25.9 Å². The van der Waals surface area contributed by atoms with E-state index in [1.54, 1.807) is 34.6 Å². The van der Waals surface area contributed by atoms with Crippen molar-refractivity contribution in [2.45, 2.75) is 67.2 Å². The lowest BCUT2D eigenvalue weighted by Gasteiger charge is -2.38. The molecule has 0 N–H and O–H groups in total. The molecule has 0 fully saturated rings. The van der Waals surface area contributed by atoms with E-state index in [2.05, 4.69) is 0 Å². The lowest BCUT2D eigenvalue weighted by Crippen LogP contribution is -2.43. The lowest BCUT2D eigenvalue weighted by atomic mass is 9.66. The molecule has 29 heavy (non-hydrogen) atoms. The van der Waals surface area contributed by atoms with Crippen molar-refractivity contribution in [3.05, 3.63) is 0 Å². The predicted molar refractivity (Wildman–Crippen MR) is 112 cm³/mol. The highest BCUT2D eigenvalue weighted by Gasteiger charge is 2.48. The van der Waals surface area contributed by atoms with Gasteiger partial charge in [0.2, 0.25) is 0 Å². The molecule has 0 saturated carbocycles. The monoisotopic (exact) mass is 415 g/mol. The van der Waals surface area contributed by atoms with Gasteiger partial charge in [-0.05, 0) is 68.0 Å². The molecule has 0 amide bonds. The third-order valence-electron chi connectivity index (χ3n) is 4.95. The van der Waals surface area contributed by atoms with Crippen LogP contribution in [0, 0.1) is 16.2 Å². The number of carbonyl (C=O) groups excluding carboxylic acids is 3. The number of hydrogen-bond acceptors (Lipinski definition) is 7. The maximum atomic E-state index is 13.0. The first-order valence-corrected chi connectivity index (χ1v) is 10.3. The summed E-state index contributed by atoms with van der Waals surface area (Å²) in [6.07, 6.45) is 2.07. The molecular formula is C22H41NO6. The van der Waals surface area contributed by atoms with E-state index < -0.39 is 28.2 Å². The van der Waals surface area contributed by atoms with Gasteiger partial charge < -0.3 is 19.1 Å². The smallest absolute Gasteiger partial charge is 0.311 e. The molecule has 7 nitrogen and oxygen atoms in total. The molecule has 0 heterocycles. The van der Waals surface area contributed by atoms with Crippen LogP contribution in [0.4, 0.5) is 0 Å². The Labute approximate surface area is 176 Å². The summed E-state index contributed by atoms with van der Waals surface area (Å²) >= 11 is 0. The largest absolute Gasteiger partial charge is 0.469 e. The van der Waals surface area contributed by atoms with Gasteiger partial charge in [-0.15, -0.1) is 0 Å². The van der Waals surface area contributed by atoms with Crippen molar-refractivity contribution in [2.75, 3.05) is 41.0 Å². The highest BCUT2D eigenvalue weighted by atomic mass is 16.5. The maximum Gasteiger partial charge on any atom is 0.311 e. The zero-order valence-electron chi connectivity index (χ0n) is 19.8. The Morgan fingerprint density at radius 1 is 0.793 bits per heavy atom. The number of hydrogen-bond donors (Lipinski definition) is 0. The standard InChI is InChI=1S/C22H41NO6/c1-10-11-13-28-19(26)22(6,15-20(2,3)17(24)27-9)16-21(4,5)18(25)29-14-12-23(7)8/h10-16H2,1-9H3. The molecule has 0 aliphatic heterocycles. The van der Waals surface area contributed by atoms with Gasteiger partial charge in [-0.3, -0.25) is 14.4 Å². The molecule has 7 heteroatoms. The summed E-state index contributed by atoms with van der Waals surface area (Å²) in [5, 5.41) is 0. The summed E-state index contributed by atoms with van der Waals surface area (Å²) in [5.74, 6) is -1.18. The normalized spacial score (nSPS) is 14.3. The van der Waals surface area contributed by atoms with Crippen molar-refractivity contribution in [2.24, 2.45) is 16.2 Å². The zero-order chi connectivity index (χ0) is 22.9. The molecule has 0 spiro atoms. The van der Waals surface area contributed by atoms with Crippen LogP contribution < -0.4 is 0 Å². The van der Waals surface area contributed by atoms with Crippen LogP contribution in [0.1, 0.15) is 67.2 Å². The Kier molecular flexibility index (Phi) is 10.9. The van der Waals surface area contributed by atoms with Gasteiger partial charge in [0, 0.05) is 6.54 Å². The van der Waals surface area contributed by atoms with Crippen molar-refractivity contribution in [3.8, 4) is 0 Å². The van der Waals surface area contributed by atoms with Crippen molar-refractivity contribution >= 4 is 17.9 Å². The van der Waals surface area contributed by atoms with E-state index in [0.29, 0.717) is 13.2 Å². The van der Waals surface area contributed by atoms with Gasteiger partial charge in [0.15, 0.2) is 0 Å². The van der Waals surface area contributed by atoms with E-state index in [-0.39, 0.29) is 25.4 Å². The lowest BCUT2D eigenvalue weighted by molar-refractivity contribution is -0.167. The number of carbonyl (C=O) groups is 3. The Morgan fingerprint density at radius 2 is 1.28 bits per heavy atom. The number of rotatable bonds is 13. The van der Waals surface area contributed by atoms with Crippen molar-refractivity contribution in [1.29, 1.82) is 0 Å². The topological polar surface area (TPSA) is 82.1 Å². The van der Waals surface area contributed by atoms with E-state index in [4.69, 9.17) is 14.2 Å². The van der Waals surface area contributed by atoms with Gasteiger partial charge >= 0.3 is 17.9 Å². The first-order chi connectivity index (χ1) is 13.2. The molecule has 1 unspecified atom stereocenters. The number of methoxy groups -OCH3 is 1. The third-order valence-corrected chi connectivity index (χ3v) is 4.95. The Morgan fingerprint density at radius 3 is 1.72 bits per heavy atom. The molecular weight excluding hydrogens is 374 g/mol. The summed E-state index contributed by atoms with van der Waals surface area (Å²) in [6.45, 7) is 12.0. The molecule has 0 saturated heterocycles. The molecule has 0 aliphatic rings. The minimum Gasteiger partial charge on any atom is -0.469 e. The molecule has 0 bridgehead atoms. The van der Waals surface area contributed by atoms with Crippen LogP contribution in [0.25, 0.3) is 0 Å². The van der Waals surface area contributed by atoms with Gasteiger partial charge in [0.1, 0.15) is 6.61 Å². The van der Waals surface area contributed by atoms with Gasteiger partial charge in [0.05, 0.1) is 30.0 Å². The van der Waals surface area contributed by atoms with E-state index in [9.17, 15) is 14.4 Å². The van der Waals surface area contributed by atoms with E-state index in [0.717, 1.165) is 12.8 Å². The molecule has 0 aromatic rings. The van der Waals surface area contributed by atoms with Crippen LogP contribution >= 0.6 is 0 Å². The van der Waals surface area contributed by atoms with Crippen LogP contribution in [-0.2, 0) is 28.6 Å². The van der Waals surface area contributed by atoms with Crippen LogP contribution in [0.5, 0.6) is 0 Å². The zero-order valence-corrected chi connectivity index (χ0v) is 19.8. The number of nitrogens with zero attached hydrogens (tertiary/aromatic N) is 1. The average molecular weight is 416 g/mol. The van der Waals surface area contributed by atoms with Gasteiger partial charge in [0.25, 0.3) is 0 Å². The second kappa shape index (κ2) is 11.5. The fourth-order valence-corrected chi connectivity index (χ4v) is 3.58. The predicted octanol–water partition coefficient (Wildman–Crippen LogP) is 3.45. The average Bonchev–Trinajstić information content (AvgIpc) is 2.59. The minimum atomic E-state index is -1.05. The molecule has 1 atom stereocenters. The second-order valence-corrected chi connectivity index (χ2v) is 9.60. The quantitative estimate of drug-likeness (QED) is 0.259.